The molecule has 0 radical (unpaired) electrons. The van der Waals surface area contributed by atoms with Crippen molar-refractivity contribution in [2.45, 2.75) is 45.1 Å². The molecule has 2 rings (SSSR count). The van der Waals surface area contributed by atoms with Crippen molar-refractivity contribution in [3.8, 4) is 0 Å². The average molecular weight is 217 g/mol. The fourth-order valence-electron chi connectivity index (χ4n) is 2.73. The molecule has 88 valence electrons. The van der Waals surface area contributed by atoms with Gasteiger partial charge >= 0.3 is 0 Å². The van der Waals surface area contributed by atoms with Gasteiger partial charge in [-0.15, -0.1) is 0 Å². The third-order valence-corrected chi connectivity index (χ3v) is 3.74. The van der Waals surface area contributed by atoms with Crippen molar-refractivity contribution in [3.05, 3.63) is 35.9 Å². The Morgan fingerprint density at radius 2 is 1.81 bits per heavy atom. The summed E-state index contributed by atoms with van der Waals surface area (Å²) in [7, 11) is 0. The van der Waals surface area contributed by atoms with Gasteiger partial charge < -0.3 is 4.90 Å². The molecule has 0 aromatic heterocycles. The topological polar surface area (TPSA) is 3.24 Å². The molecule has 1 aromatic rings. The van der Waals surface area contributed by atoms with Gasteiger partial charge in [0.25, 0.3) is 0 Å². The van der Waals surface area contributed by atoms with Crippen molar-refractivity contribution >= 4 is 0 Å². The van der Waals surface area contributed by atoms with Gasteiger partial charge in [-0.05, 0) is 50.8 Å². The molecule has 0 bridgehead atoms. The van der Waals surface area contributed by atoms with Crippen LogP contribution in [0, 0.1) is 0 Å². The van der Waals surface area contributed by atoms with Crippen molar-refractivity contribution in [3.63, 3.8) is 0 Å². The predicted octanol–water partition coefficient (Wildman–Crippen LogP) is 3.49. The summed E-state index contributed by atoms with van der Waals surface area (Å²) in [5.74, 6) is 0. The van der Waals surface area contributed by atoms with Gasteiger partial charge in [0, 0.05) is 6.04 Å². The van der Waals surface area contributed by atoms with Gasteiger partial charge in [-0.25, -0.2) is 0 Å². The number of likely N-dealkylation sites (tertiary alicyclic amines) is 1. The maximum Gasteiger partial charge on any atom is 0.00957 e. The lowest BCUT2D eigenvalue weighted by Gasteiger charge is -2.26. The van der Waals surface area contributed by atoms with Crippen LogP contribution in [-0.2, 0) is 6.42 Å². The lowest BCUT2D eigenvalue weighted by atomic mass is 10.0. The minimum absolute atomic E-state index is 0.808. The zero-order chi connectivity index (χ0) is 11.2. The first-order valence-corrected chi connectivity index (χ1v) is 6.68. The summed E-state index contributed by atoms with van der Waals surface area (Å²) >= 11 is 0. The first kappa shape index (κ1) is 11.7. The molecule has 1 aliphatic heterocycles. The second-order valence-corrected chi connectivity index (χ2v) is 4.83. The van der Waals surface area contributed by atoms with Gasteiger partial charge in [0.15, 0.2) is 0 Å². The van der Waals surface area contributed by atoms with E-state index >= 15 is 0 Å². The highest BCUT2D eigenvalue weighted by atomic mass is 15.2. The van der Waals surface area contributed by atoms with Gasteiger partial charge in [0.05, 0.1) is 0 Å². The standard InChI is InChI=1S/C15H23N/c1-2-15(16-12-6-7-13-16)11-10-14-8-4-3-5-9-14/h3-5,8-9,15H,2,6-7,10-13H2,1H3/t15-/m0/s1. The first-order chi connectivity index (χ1) is 7.90. The Hall–Kier alpha value is -0.820. The molecule has 1 saturated heterocycles. The monoisotopic (exact) mass is 217 g/mol. The van der Waals surface area contributed by atoms with E-state index in [1.807, 2.05) is 0 Å². The molecule has 0 aliphatic carbocycles. The Bertz CT molecular complexity index is 288. The summed E-state index contributed by atoms with van der Waals surface area (Å²) in [5.41, 5.74) is 1.49. The highest BCUT2D eigenvalue weighted by Gasteiger charge is 2.19. The Balaban J connectivity index is 1.83. The Morgan fingerprint density at radius 1 is 1.12 bits per heavy atom. The van der Waals surface area contributed by atoms with E-state index in [9.17, 15) is 0 Å². The fraction of sp³-hybridized carbons (Fsp3) is 0.600. The van der Waals surface area contributed by atoms with Crippen LogP contribution in [0.15, 0.2) is 30.3 Å². The van der Waals surface area contributed by atoms with E-state index in [-0.39, 0.29) is 0 Å². The molecule has 1 aliphatic rings. The van der Waals surface area contributed by atoms with E-state index in [1.165, 1.54) is 50.8 Å². The molecule has 1 fully saturated rings. The number of nitrogens with zero attached hydrogens (tertiary/aromatic N) is 1. The zero-order valence-corrected chi connectivity index (χ0v) is 10.4. The molecule has 1 nitrogen and oxygen atoms in total. The van der Waals surface area contributed by atoms with E-state index in [0.717, 1.165) is 6.04 Å². The molecule has 0 unspecified atom stereocenters. The van der Waals surface area contributed by atoms with Crippen LogP contribution in [-0.4, -0.2) is 24.0 Å². The first-order valence-electron chi connectivity index (χ1n) is 6.68. The van der Waals surface area contributed by atoms with Gasteiger partial charge in [0.1, 0.15) is 0 Å². The van der Waals surface area contributed by atoms with E-state index < -0.39 is 0 Å². The summed E-state index contributed by atoms with van der Waals surface area (Å²) in [6.07, 6.45) is 6.66. The third kappa shape index (κ3) is 3.08. The van der Waals surface area contributed by atoms with Gasteiger partial charge in [-0.2, -0.15) is 0 Å². The van der Waals surface area contributed by atoms with Crippen molar-refractivity contribution in [1.29, 1.82) is 0 Å². The minimum atomic E-state index is 0.808. The molecular formula is C15H23N. The van der Waals surface area contributed by atoms with Crippen LogP contribution in [0.1, 0.15) is 38.2 Å². The molecule has 0 N–H and O–H groups in total. The zero-order valence-electron chi connectivity index (χ0n) is 10.4. The molecule has 16 heavy (non-hydrogen) atoms. The maximum absolute atomic E-state index is 2.68. The lowest BCUT2D eigenvalue weighted by Crippen LogP contribution is -2.32. The summed E-state index contributed by atoms with van der Waals surface area (Å²) in [6.45, 7) is 4.98. The average Bonchev–Trinajstić information content (AvgIpc) is 2.85. The van der Waals surface area contributed by atoms with Gasteiger partial charge in [-0.1, -0.05) is 37.3 Å². The van der Waals surface area contributed by atoms with Crippen molar-refractivity contribution in [2.24, 2.45) is 0 Å². The Morgan fingerprint density at radius 3 is 2.44 bits per heavy atom. The van der Waals surface area contributed by atoms with Crippen LogP contribution in [0.4, 0.5) is 0 Å². The van der Waals surface area contributed by atoms with Crippen LogP contribution in [0.3, 0.4) is 0 Å². The molecule has 0 spiro atoms. The Labute approximate surface area is 99.5 Å². The smallest absolute Gasteiger partial charge is 0.00957 e. The largest absolute Gasteiger partial charge is 0.300 e. The summed E-state index contributed by atoms with van der Waals surface area (Å²) in [4.78, 5) is 2.68. The van der Waals surface area contributed by atoms with Gasteiger partial charge in [-0.3, -0.25) is 0 Å². The molecule has 0 amide bonds. The predicted molar refractivity (Wildman–Crippen MR) is 69.6 cm³/mol. The minimum Gasteiger partial charge on any atom is -0.300 e. The normalized spacial score (nSPS) is 18.8. The van der Waals surface area contributed by atoms with Crippen LogP contribution in [0.5, 0.6) is 0 Å². The van der Waals surface area contributed by atoms with Crippen molar-refractivity contribution in [2.75, 3.05) is 13.1 Å². The SMILES string of the molecule is CC[C@@H](CCc1ccccc1)N1CCCC1. The number of hydrogen-bond donors (Lipinski definition) is 0. The van der Waals surface area contributed by atoms with E-state index in [2.05, 4.69) is 42.2 Å². The Kier molecular flexibility index (Phi) is 4.41. The molecular weight excluding hydrogens is 194 g/mol. The number of benzene rings is 1. The quantitative estimate of drug-likeness (QED) is 0.729. The van der Waals surface area contributed by atoms with Gasteiger partial charge in [0.2, 0.25) is 0 Å². The molecule has 0 saturated carbocycles. The molecule has 1 atom stereocenters. The van der Waals surface area contributed by atoms with E-state index in [4.69, 9.17) is 0 Å². The molecule has 1 heteroatoms. The van der Waals surface area contributed by atoms with Crippen LogP contribution >= 0.6 is 0 Å². The summed E-state index contributed by atoms with van der Waals surface area (Å²) in [5, 5.41) is 0. The fourth-order valence-corrected chi connectivity index (χ4v) is 2.73. The van der Waals surface area contributed by atoms with Crippen molar-refractivity contribution < 1.29 is 0 Å². The molecule has 1 aromatic carbocycles. The number of hydrogen-bond acceptors (Lipinski definition) is 1. The summed E-state index contributed by atoms with van der Waals surface area (Å²) in [6, 6.07) is 11.7. The summed E-state index contributed by atoms with van der Waals surface area (Å²) < 4.78 is 0. The number of rotatable bonds is 5. The highest BCUT2D eigenvalue weighted by molar-refractivity contribution is 5.14. The van der Waals surface area contributed by atoms with Crippen LogP contribution in [0.25, 0.3) is 0 Å². The lowest BCUT2D eigenvalue weighted by molar-refractivity contribution is 0.224. The third-order valence-electron chi connectivity index (χ3n) is 3.74. The number of aryl methyl sites for hydroxylation is 1. The maximum atomic E-state index is 2.68. The highest BCUT2D eigenvalue weighted by Crippen LogP contribution is 2.18. The van der Waals surface area contributed by atoms with E-state index in [1.54, 1.807) is 0 Å². The van der Waals surface area contributed by atoms with Crippen LogP contribution in [0.2, 0.25) is 0 Å². The molecule has 1 heterocycles. The van der Waals surface area contributed by atoms with Crippen LogP contribution < -0.4 is 0 Å². The second-order valence-electron chi connectivity index (χ2n) is 4.83. The second kappa shape index (κ2) is 6.05. The van der Waals surface area contributed by atoms with Crippen molar-refractivity contribution in [1.82, 2.24) is 4.90 Å². The van der Waals surface area contributed by atoms with E-state index in [0.29, 0.717) is 0 Å².